The first kappa shape index (κ1) is 19.4. The van der Waals surface area contributed by atoms with E-state index in [9.17, 15) is 9.59 Å². The van der Waals surface area contributed by atoms with E-state index in [0.717, 1.165) is 44.1 Å². The van der Waals surface area contributed by atoms with Gasteiger partial charge in [0.2, 0.25) is 0 Å². The summed E-state index contributed by atoms with van der Waals surface area (Å²) in [5, 5.41) is 8.60. The molecular formula is C20H30O3. The van der Waals surface area contributed by atoms with E-state index in [-0.39, 0.29) is 18.1 Å². The van der Waals surface area contributed by atoms with Gasteiger partial charge >= 0.3 is 5.97 Å². The van der Waals surface area contributed by atoms with Gasteiger partial charge in [-0.15, -0.1) is 0 Å². The third kappa shape index (κ3) is 8.53. The summed E-state index contributed by atoms with van der Waals surface area (Å²) in [5.74, 6) is -0.507. The van der Waals surface area contributed by atoms with E-state index >= 15 is 0 Å². The average Bonchev–Trinajstić information content (AvgIpc) is 2.86. The van der Waals surface area contributed by atoms with Crippen molar-refractivity contribution in [2.24, 2.45) is 5.92 Å². The third-order valence-electron chi connectivity index (χ3n) is 4.22. The molecule has 0 saturated heterocycles. The number of rotatable bonds is 12. The molecule has 1 rings (SSSR count). The van der Waals surface area contributed by atoms with Crippen LogP contribution in [0.3, 0.4) is 0 Å². The van der Waals surface area contributed by atoms with Gasteiger partial charge in [0.15, 0.2) is 5.78 Å². The maximum atomic E-state index is 11.9. The molecule has 1 aliphatic rings. The van der Waals surface area contributed by atoms with E-state index in [0.29, 0.717) is 0 Å². The molecule has 0 aromatic rings. The topological polar surface area (TPSA) is 54.4 Å². The molecule has 0 aromatic heterocycles. The summed E-state index contributed by atoms with van der Waals surface area (Å²) in [6.07, 6.45) is 19.5. The second kappa shape index (κ2) is 11.9. The molecule has 1 aliphatic carbocycles. The minimum atomic E-state index is -0.726. The van der Waals surface area contributed by atoms with Crippen molar-refractivity contribution < 1.29 is 14.7 Å². The van der Waals surface area contributed by atoms with Crippen LogP contribution in [-0.2, 0) is 9.59 Å². The highest BCUT2D eigenvalue weighted by atomic mass is 16.4. The molecule has 1 N–H and O–H groups in total. The van der Waals surface area contributed by atoms with Crippen LogP contribution in [0.15, 0.2) is 36.0 Å². The van der Waals surface area contributed by atoms with Gasteiger partial charge in [0.1, 0.15) is 0 Å². The molecule has 0 heterocycles. The number of unbranched alkanes of at least 4 members (excludes halogenated alkanes) is 6. The number of carboxylic acids is 1. The van der Waals surface area contributed by atoms with Gasteiger partial charge in [-0.05, 0) is 37.3 Å². The van der Waals surface area contributed by atoms with E-state index in [1.165, 1.54) is 19.3 Å². The molecule has 3 heteroatoms. The zero-order chi connectivity index (χ0) is 16.9. The van der Waals surface area contributed by atoms with Gasteiger partial charge in [0, 0.05) is 12.3 Å². The molecule has 0 radical (unpaired) electrons. The van der Waals surface area contributed by atoms with Crippen molar-refractivity contribution in [2.75, 3.05) is 0 Å². The fourth-order valence-electron chi connectivity index (χ4n) is 2.82. The summed E-state index contributed by atoms with van der Waals surface area (Å²) in [6, 6.07) is 0. The fraction of sp³-hybridized carbons (Fsp3) is 0.600. The first-order chi connectivity index (χ1) is 11.1. The van der Waals surface area contributed by atoms with E-state index in [1.807, 2.05) is 6.08 Å². The molecule has 0 bridgehead atoms. The lowest BCUT2D eigenvalue weighted by Gasteiger charge is -2.10. The molecule has 0 aliphatic heterocycles. The molecule has 0 aromatic carbocycles. The predicted octanol–water partition coefficient (Wildman–Crippen LogP) is 5.23. The van der Waals surface area contributed by atoms with Crippen LogP contribution in [0.2, 0.25) is 0 Å². The van der Waals surface area contributed by atoms with Gasteiger partial charge in [-0.2, -0.15) is 0 Å². The van der Waals surface area contributed by atoms with Crippen LogP contribution in [0.25, 0.3) is 0 Å². The summed E-state index contributed by atoms with van der Waals surface area (Å²) in [5.41, 5.74) is 1.12. The largest absolute Gasteiger partial charge is 0.481 e. The summed E-state index contributed by atoms with van der Waals surface area (Å²) in [6.45, 7) is 2.20. The summed E-state index contributed by atoms with van der Waals surface area (Å²) >= 11 is 0. The maximum Gasteiger partial charge on any atom is 0.303 e. The van der Waals surface area contributed by atoms with E-state index in [4.69, 9.17) is 5.11 Å². The van der Waals surface area contributed by atoms with E-state index < -0.39 is 5.97 Å². The van der Waals surface area contributed by atoms with Crippen LogP contribution >= 0.6 is 0 Å². The standard InChI is InChI=1S/C20H30O3/c1-2-3-4-5-6-9-12-17-15-16-19(21)18(17)13-10-7-8-11-14-20(22)23/h6,9,12,15-16,18H,2-5,7-8,10-11,13-14H2,1H3,(H,22,23)/b9-6+,17-12-. The van der Waals surface area contributed by atoms with Crippen molar-refractivity contribution in [3.05, 3.63) is 36.0 Å². The molecule has 3 nitrogen and oxygen atoms in total. The molecule has 0 saturated carbocycles. The molecular weight excluding hydrogens is 288 g/mol. The average molecular weight is 318 g/mol. The highest BCUT2D eigenvalue weighted by Gasteiger charge is 2.23. The third-order valence-corrected chi connectivity index (χ3v) is 4.22. The predicted molar refractivity (Wildman–Crippen MR) is 94.3 cm³/mol. The van der Waals surface area contributed by atoms with Gasteiger partial charge in [0.25, 0.3) is 0 Å². The van der Waals surface area contributed by atoms with Crippen LogP contribution in [0.4, 0.5) is 0 Å². The number of ketones is 1. The summed E-state index contributed by atoms with van der Waals surface area (Å²) in [4.78, 5) is 22.4. The van der Waals surface area contributed by atoms with Crippen molar-refractivity contribution in [1.29, 1.82) is 0 Å². The monoisotopic (exact) mass is 318 g/mol. The van der Waals surface area contributed by atoms with Crippen LogP contribution in [0.5, 0.6) is 0 Å². The van der Waals surface area contributed by atoms with Crippen molar-refractivity contribution in [3.63, 3.8) is 0 Å². The molecule has 0 amide bonds. The van der Waals surface area contributed by atoms with Gasteiger partial charge in [0.05, 0.1) is 0 Å². The lowest BCUT2D eigenvalue weighted by molar-refractivity contribution is -0.137. The molecule has 0 spiro atoms. The lowest BCUT2D eigenvalue weighted by atomic mass is 9.93. The second-order valence-electron chi connectivity index (χ2n) is 6.23. The smallest absolute Gasteiger partial charge is 0.303 e. The van der Waals surface area contributed by atoms with Crippen molar-refractivity contribution >= 4 is 11.8 Å². The highest BCUT2D eigenvalue weighted by molar-refractivity contribution is 5.98. The number of carbonyl (C=O) groups is 2. The van der Waals surface area contributed by atoms with Crippen molar-refractivity contribution in [2.45, 2.75) is 71.1 Å². The molecule has 1 atom stereocenters. The van der Waals surface area contributed by atoms with Gasteiger partial charge in [-0.25, -0.2) is 0 Å². The minimum Gasteiger partial charge on any atom is -0.481 e. The zero-order valence-corrected chi connectivity index (χ0v) is 14.3. The van der Waals surface area contributed by atoms with Gasteiger partial charge in [-0.3, -0.25) is 9.59 Å². The SMILES string of the molecule is CCCCC/C=C/C=C1/C=CC(=O)C1CCCCCCC(=O)O. The fourth-order valence-corrected chi connectivity index (χ4v) is 2.82. The number of hydrogen-bond acceptors (Lipinski definition) is 2. The van der Waals surface area contributed by atoms with Crippen LogP contribution in [0, 0.1) is 5.92 Å². The minimum absolute atomic E-state index is 0.00904. The quantitative estimate of drug-likeness (QED) is 0.501. The Bertz CT molecular complexity index is 458. The van der Waals surface area contributed by atoms with Gasteiger partial charge < -0.3 is 5.11 Å². The Balaban J connectivity index is 2.29. The van der Waals surface area contributed by atoms with Crippen LogP contribution in [0.1, 0.15) is 71.1 Å². The Morgan fingerprint density at radius 3 is 2.65 bits per heavy atom. The summed E-state index contributed by atoms with van der Waals surface area (Å²) < 4.78 is 0. The summed E-state index contributed by atoms with van der Waals surface area (Å²) in [7, 11) is 0. The Morgan fingerprint density at radius 2 is 1.91 bits per heavy atom. The Hall–Kier alpha value is -1.64. The first-order valence-corrected chi connectivity index (χ1v) is 8.95. The van der Waals surface area contributed by atoms with Gasteiger partial charge in [-0.1, -0.05) is 63.3 Å². The van der Waals surface area contributed by atoms with Crippen molar-refractivity contribution in [3.8, 4) is 0 Å². The molecule has 0 fully saturated rings. The van der Waals surface area contributed by atoms with Crippen molar-refractivity contribution in [1.82, 2.24) is 0 Å². The second-order valence-corrected chi connectivity index (χ2v) is 6.23. The zero-order valence-electron chi connectivity index (χ0n) is 14.3. The number of hydrogen-bond donors (Lipinski definition) is 1. The highest BCUT2D eigenvalue weighted by Crippen LogP contribution is 2.27. The number of allylic oxidation sites excluding steroid dienone is 6. The first-order valence-electron chi connectivity index (χ1n) is 8.95. The Labute approximate surface area is 140 Å². The normalized spacial score (nSPS) is 19.3. The number of aliphatic carboxylic acids is 1. The molecule has 23 heavy (non-hydrogen) atoms. The number of carbonyl (C=O) groups excluding carboxylic acids is 1. The number of carboxylic acid groups (broad SMARTS) is 1. The Kier molecular flexibility index (Phi) is 10.0. The maximum absolute atomic E-state index is 11.9. The van der Waals surface area contributed by atoms with Crippen LogP contribution < -0.4 is 0 Å². The van der Waals surface area contributed by atoms with E-state index in [2.05, 4.69) is 25.2 Å². The van der Waals surface area contributed by atoms with Crippen LogP contribution in [-0.4, -0.2) is 16.9 Å². The Morgan fingerprint density at radius 1 is 1.13 bits per heavy atom. The lowest BCUT2D eigenvalue weighted by Crippen LogP contribution is -2.08. The molecule has 1 unspecified atom stereocenters. The molecule has 128 valence electrons. The van der Waals surface area contributed by atoms with E-state index in [1.54, 1.807) is 6.08 Å².